The van der Waals surface area contributed by atoms with Gasteiger partial charge in [0, 0.05) is 16.2 Å². The van der Waals surface area contributed by atoms with E-state index in [4.69, 9.17) is 4.74 Å². The van der Waals surface area contributed by atoms with Gasteiger partial charge in [0.2, 0.25) is 0 Å². The molecule has 0 bridgehead atoms. The number of amides is 1. The minimum absolute atomic E-state index is 0.0250. The van der Waals surface area contributed by atoms with Crippen LogP contribution < -0.4 is 0 Å². The van der Waals surface area contributed by atoms with Crippen molar-refractivity contribution in [2.45, 2.75) is 26.8 Å². The lowest BCUT2D eigenvalue weighted by Crippen LogP contribution is -2.31. The highest BCUT2D eigenvalue weighted by molar-refractivity contribution is 9.10. The molecular formula is C17H18BrNO3. The summed E-state index contributed by atoms with van der Waals surface area (Å²) in [6, 6.07) is 7.52. The van der Waals surface area contributed by atoms with Crippen LogP contribution >= 0.6 is 15.9 Å². The summed E-state index contributed by atoms with van der Waals surface area (Å²) in [6.45, 7) is 5.60. The molecule has 1 aromatic carbocycles. The summed E-state index contributed by atoms with van der Waals surface area (Å²) in [4.78, 5) is 26.4. The number of benzene rings is 1. The Morgan fingerprint density at radius 3 is 2.36 bits per heavy atom. The number of hydrogen-bond donors (Lipinski definition) is 0. The second kappa shape index (κ2) is 6.48. The van der Waals surface area contributed by atoms with Crippen LogP contribution in [0.25, 0.3) is 6.08 Å². The van der Waals surface area contributed by atoms with Crippen molar-refractivity contribution < 1.29 is 14.3 Å². The zero-order valence-electron chi connectivity index (χ0n) is 13.0. The van der Waals surface area contributed by atoms with E-state index in [0.29, 0.717) is 16.8 Å². The Bertz CT molecular complexity index is 672. The molecule has 1 aliphatic rings. The van der Waals surface area contributed by atoms with Crippen LogP contribution in [0.4, 0.5) is 0 Å². The van der Waals surface area contributed by atoms with Crippen molar-refractivity contribution in [3.8, 4) is 0 Å². The zero-order chi connectivity index (χ0) is 16.4. The maximum Gasteiger partial charge on any atom is 0.340 e. The highest BCUT2D eigenvalue weighted by Gasteiger charge is 2.38. The fourth-order valence-electron chi connectivity index (χ4n) is 2.55. The SMILES string of the molecule is COC(=O)C1=C(C)N(C(C)C)C(=O)C1=Cc1ccc(Br)cc1. The molecule has 0 aliphatic carbocycles. The Kier molecular flexibility index (Phi) is 4.86. The summed E-state index contributed by atoms with van der Waals surface area (Å²) in [5, 5.41) is 0. The summed E-state index contributed by atoms with van der Waals surface area (Å²) in [6.07, 6.45) is 1.73. The van der Waals surface area contributed by atoms with Crippen molar-refractivity contribution in [2.24, 2.45) is 0 Å². The van der Waals surface area contributed by atoms with Crippen molar-refractivity contribution in [3.63, 3.8) is 0 Å². The normalized spacial score (nSPS) is 16.9. The summed E-state index contributed by atoms with van der Waals surface area (Å²) in [7, 11) is 1.32. The number of nitrogens with zero attached hydrogens (tertiary/aromatic N) is 1. The van der Waals surface area contributed by atoms with Gasteiger partial charge in [-0.15, -0.1) is 0 Å². The summed E-state index contributed by atoms with van der Waals surface area (Å²) in [5.41, 5.74) is 2.20. The maximum absolute atomic E-state index is 12.7. The lowest BCUT2D eigenvalue weighted by Gasteiger charge is -2.22. The second-order valence-corrected chi connectivity index (χ2v) is 6.25. The number of carbonyl (C=O) groups excluding carboxylic acids is 2. The standard InChI is InChI=1S/C17H18BrNO3/c1-10(2)19-11(3)15(17(21)22-4)14(16(19)20)9-12-5-7-13(18)8-6-12/h5-10H,1-4H3. The first kappa shape index (κ1) is 16.5. The molecule has 2 rings (SSSR count). The average Bonchev–Trinajstić information content (AvgIpc) is 2.71. The Balaban J connectivity index is 2.54. The molecule has 0 saturated heterocycles. The maximum atomic E-state index is 12.7. The van der Waals surface area contributed by atoms with E-state index in [1.54, 1.807) is 17.9 Å². The lowest BCUT2D eigenvalue weighted by molar-refractivity contribution is -0.136. The van der Waals surface area contributed by atoms with E-state index >= 15 is 0 Å². The number of allylic oxidation sites excluding steroid dienone is 1. The van der Waals surface area contributed by atoms with E-state index in [-0.39, 0.29) is 11.9 Å². The monoisotopic (exact) mass is 363 g/mol. The molecule has 1 amide bonds. The van der Waals surface area contributed by atoms with Crippen molar-refractivity contribution in [2.75, 3.05) is 7.11 Å². The third-order valence-corrected chi connectivity index (χ3v) is 4.06. The number of ether oxygens (including phenoxy) is 1. The van der Waals surface area contributed by atoms with Gasteiger partial charge in [-0.25, -0.2) is 4.79 Å². The van der Waals surface area contributed by atoms with Crippen molar-refractivity contribution in [1.29, 1.82) is 0 Å². The van der Waals surface area contributed by atoms with Crippen LogP contribution in [0, 0.1) is 0 Å². The van der Waals surface area contributed by atoms with Crippen molar-refractivity contribution in [1.82, 2.24) is 4.90 Å². The molecule has 4 nitrogen and oxygen atoms in total. The Hall–Kier alpha value is -1.88. The summed E-state index contributed by atoms with van der Waals surface area (Å²) >= 11 is 3.38. The lowest BCUT2D eigenvalue weighted by atomic mass is 10.0. The third kappa shape index (κ3) is 2.99. The first-order valence-electron chi connectivity index (χ1n) is 6.97. The highest BCUT2D eigenvalue weighted by Crippen LogP contribution is 2.33. The van der Waals surface area contributed by atoms with E-state index in [0.717, 1.165) is 10.0 Å². The second-order valence-electron chi connectivity index (χ2n) is 5.33. The minimum atomic E-state index is -0.489. The largest absolute Gasteiger partial charge is 0.465 e. The molecule has 5 heteroatoms. The molecule has 0 radical (unpaired) electrons. The average molecular weight is 364 g/mol. The molecule has 116 valence electrons. The Morgan fingerprint density at radius 1 is 1.27 bits per heavy atom. The van der Waals surface area contributed by atoms with Gasteiger partial charge in [0.15, 0.2) is 0 Å². The fourth-order valence-corrected chi connectivity index (χ4v) is 2.81. The molecule has 1 aliphatic heterocycles. The molecule has 22 heavy (non-hydrogen) atoms. The molecule has 0 spiro atoms. The van der Waals surface area contributed by atoms with Crippen LogP contribution in [-0.2, 0) is 14.3 Å². The topological polar surface area (TPSA) is 46.6 Å². The first-order valence-corrected chi connectivity index (χ1v) is 7.76. The van der Waals surface area contributed by atoms with E-state index in [2.05, 4.69) is 15.9 Å². The molecule has 0 atom stereocenters. The van der Waals surface area contributed by atoms with Crippen LogP contribution in [0.2, 0.25) is 0 Å². The minimum Gasteiger partial charge on any atom is -0.465 e. The molecule has 0 aromatic heterocycles. The van der Waals surface area contributed by atoms with Gasteiger partial charge in [-0.05, 0) is 44.5 Å². The van der Waals surface area contributed by atoms with E-state index in [1.165, 1.54) is 7.11 Å². The van der Waals surface area contributed by atoms with Gasteiger partial charge in [-0.3, -0.25) is 4.79 Å². The van der Waals surface area contributed by atoms with Gasteiger partial charge in [0.25, 0.3) is 5.91 Å². The highest BCUT2D eigenvalue weighted by atomic mass is 79.9. The van der Waals surface area contributed by atoms with Crippen LogP contribution in [0.15, 0.2) is 45.6 Å². The quantitative estimate of drug-likeness (QED) is 0.609. The van der Waals surface area contributed by atoms with Gasteiger partial charge in [-0.1, -0.05) is 28.1 Å². The number of esters is 1. The number of hydrogen-bond acceptors (Lipinski definition) is 3. The number of carbonyl (C=O) groups is 2. The Morgan fingerprint density at radius 2 is 1.86 bits per heavy atom. The van der Waals surface area contributed by atoms with Crippen molar-refractivity contribution >= 4 is 33.9 Å². The molecule has 0 saturated carbocycles. The first-order chi connectivity index (χ1) is 10.4. The third-order valence-electron chi connectivity index (χ3n) is 3.53. The summed E-state index contributed by atoms with van der Waals surface area (Å²) < 4.78 is 5.80. The number of halogens is 1. The van der Waals surface area contributed by atoms with Crippen LogP contribution in [-0.4, -0.2) is 29.9 Å². The fraction of sp³-hybridized carbons (Fsp3) is 0.294. The molecule has 0 unspecified atom stereocenters. The Labute approximate surface area is 138 Å². The predicted octanol–water partition coefficient (Wildman–Crippen LogP) is 3.53. The van der Waals surface area contributed by atoms with Gasteiger partial charge in [-0.2, -0.15) is 0 Å². The van der Waals surface area contributed by atoms with E-state index in [1.807, 2.05) is 38.1 Å². The van der Waals surface area contributed by atoms with E-state index < -0.39 is 5.97 Å². The molecule has 1 heterocycles. The van der Waals surface area contributed by atoms with E-state index in [9.17, 15) is 9.59 Å². The molecule has 0 fully saturated rings. The van der Waals surface area contributed by atoms with Gasteiger partial charge < -0.3 is 9.64 Å². The van der Waals surface area contributed by atoms with Crippen molar-refractivity contribution in [3.05, 3.63) is 51.1 Å². The van der Waals surface area contributed by atoms with Crippen LogP contribution in [0.3, 0.4) is 0 Å². The summed E-state index contributed by atoms with van der Waals surface area (Å²) in [5.74, 6) is -0.659. The van der Waals surface area contributed by atoms with Crippen LogP contribution in [0.5, 0.6) is 0 Å². The number of methoxy groups -OCH3 is 1. The van der Waals surface area contributed by atoms with Crippen LogP contribution in [0.1, 0.15) is 26.3 Å². The number of rotatable bonds is 3. The van der Waals surface area contributed by atoms with Gasteiger partial charge in [0.1, 0.15) is 0 Å². The smallest absolute Gasteiger partial charge is 0.340 e. The zero-order valence-corrected chi connectivity index (χ0v) is 14.6. The molecular weight excluding hydrogens is 346 g/mol. The predicted molar refractivity (Wildman–Crippen MR) is 88.8 cm³/mol. The molecule has 1 aromatic rings. The van der Waals surface area contributed by atoms with Gasteiger partial charge in [0.05, 0.1) is 18.3 Å². The van der Waals surface area contributed by atoms with Gasteiger partial charge >= 0.3 is 5.97 Å². The molecule has 0 N–H and O–H groups in total.